The molecule has 1 rings (SSSR count). The molecule has 0 aromatic carbocycles. The third-order valence-electron chi connectivity index (χ3n) is 3.68. The minimum Gasteiger partial charge on any atom is -0.481 e. The van der Waals surface area contributed by atoms with Gasteiger partial charge >= 0.3 is 11.9 Å². The summed E-state index contributed by atoms with van der Waals surface area (Å²) in [5, 5.41) is 11.7. The molecule has 1 aliphatic carbocycles. The zero-order chi connectivity index (χ0) is 15.3. The molecular formula is C14H23NO5. The van der Waals surface area contributed by atoms with E-state index in [2.05, 4.69) is 10.1 Å². The number of carbonyl (C=O) groups is 3. The second-order valence-corrected chi connectivity index (χ2v) is 5.70. The average Bonchev–Trinajstić information content (AvgIpc) is 2.85. The molecule has 6 heteroatoms. The Morgan fingerprint density at radius 1 is 1.25 bits per heavy atom. The monoisotopic (exact) mass is 285 g/mol. The number of ether oxygens (including phenoxy) is 1. The molecule has 0 radical (unpaired) electrons. The van der Waals surface area contributed by atoms with Gasteiger partial charge in [0.2, 0.25) is 5.91 Å². The summed E-state index contributed by atoms with van der Waals surface area (Å²) in [5.41, 5.74) is 0. The predicted molar refractivity (Wildman–Crippen MR) is 71.9 cm³/mol. The van der Waals surface area contributed by atoms with Crippen LogP contribution >= 0.6 is 0 Å². The summed E-state index contributed by atoms with van der Waals surface area (Å²) in [6.07, 6.45) is 2.27. The van der Waals surface area contributed by atoms with Gasteiger partial charge in [-0.1, -0.05) is 20.3 Å². The molecule has 3 atom stereocenters. The van der Waals surface area contributed by atoms with Crippen LogP contribution in [0.1, 0.15) is 39.5 Å². The summed E-state index contributed by atoms with van der Waals surface area (Å²) in [5.74, 6) is -2.76. The van der Waals surface area contributed by atoms with E-state index in [0.717, 1.165) is 6.42 Å². The maximum Gasteiger partial charge on any atom is 0.328 e. The number of nitrogens with one attached hydrogen (secondary N) is 1. The van der Waals surface area contributed by atoms with Gasteiger partial charge in [-0.2, -0.15) is 0 Å². The van der Waals surface area contributed by atoms with Crippen molar-refractivity contribution in [3.05, 3.63) is 0 Å². The fraction of sp³-hybridized carbons (Fsp3) is 0.786. The van der Waals surface area contributed by atoms with Gasteiger partial charge in [-0.25, -0.2) is 4.79 Å². The van der Waals surface area contributed by atoms with E-state index >= 15 is 0 Å². The van der Waals surface area contributed by atoms with Crippen LogP contribution in [0.3, 0.4) is 0 Å². The molecule has 6 nitrogen and oxygen atoms in total. The van der Waals surface area contributed by atoms with E-state index in [4.69, 9.17) is 5.11 Å². The molecule has 0 aromatic rings. The fourth-order valence-electron chi connectivity index (χ4n) is 2.68. The topological polar surface area (TPSA) is 92.7 Å². The Morgan fingerprint density at radius 3 is 2.35 bits per heavy atom. The van der Waals surface area contributed by atoms with Crippen molar-refractivity contribution in [1.82, 2.24) is 5.32 Å². The van der Waals surface area contributed by atoms with Gasteiger partial charge in [0.15, 0.2) is 0 Å². The van der Waals surface area contributed by atoms with Gasteiger partial charge in [0, 0.05) is 0 Å². The molecule has 0 bridgehead atoms. The Kier molecular flexibility index (Phi) is 5.98. The highest BCUT2D eigenvalue weighted by molar-refractivity contribution is 5.89. The Labute approximate surface area is 118 Å². The van der Waals surface area contributed by atoms with E-state index in [9.17, 15) is 14.4 Å². The second kappa shape index (κ2) is 7.26. The molecule has 1 aliphatic rings. The van der Waals surface area contributed by atoms with Crippen LogP contribution in [0, 0.1) is 17.8 Å². The van der Waals surface area contributed by atoms with Gasteiger partial charge in [0.05, 0.1) is 18.9 Å². The molecule has 114 valence electrons. The van der Waals surface area contributed by atoms with E-state index in [-0.39, 0.29) is 11.8 Å². The zero-order valence-electron chi connectivity index (χ0n) is 12.2. The maximum atomic E-state index is 12.2. The average molecular weight is 285 g/mol. The van der Waals surface area contributed by atoms with Crippen LogP contribution in [0.2, 0.25) is 0 Å². The van der Waals surface area contributed by atoms with E-state index in [1.54, 1.807) is 0 Å². The minimum absolute atomic E-state index is 0.221. The number of rotatable bonds is 6. The van der Waals surface area contributed by atoms with Crippen molar-refractivity contribution in [3.63, 3.8) is 0 Å². The minimum atomic E-state index is -0.943. The Bertz CT molecular complexity index is 380. The van der Waals surface area contributed by atoms with Crippen LogP contribution in [0.4, 0.5) is 0 Å². The van der Waals surface area contributed by atoms with E-state index < -0.39 is 29.8 Å². The summed E-state index contributed by atoms with van der Waals surface area (Å²) in [7, 11) is 1.28. The smallest absolute Gasteiger partial charge is 0.328 e. The van der Waals surface area contributed by atoms with Crippen molar-refractivity contribution in [3.8, 4) is 0 Å². The quantitative estimate of drug-likeness (QED) is 0.715. The fourth-order valence-corrected chi connectivity index (χ4v) is 2.68. The summed E-state index contributed by atoms with van der Waals surface area (Å²) in [4.78, 5) is 34.9. The van der Waals surface area contributed by atoms with Crippen LogP contribution in [0.25, 0.3) is 0 Å². The van der Waals surface area contributed by atoms with E-state index in [0.29, 0.717) is 19.3 Å². The highest BCUT2D eigenvalue weighted by Crippen LogP contribution is 2.32. The highest BCUT2D eigenvalue weighted by atomic mass is 16.5. The molecule has 1 unspecified atom stereocenters. The predicted octanol–water partition coefficient (Wildman–Crippen LogP) is 1.19. The number of hydrogen-bond donors (Lipinski definition) is 2. The molecule has 0 heterocycles. The lowest BCUT2D eigenvalue weighted by atomic mass is 9.94. The summed E-state index contributed by atoms with van der Waals surface area (Å²) >= 11 is 0. The van der Waals surface area contributed by atoms with Crippen LogP contribution in [0.5, 0.6) is 0 Å². The summed E-state index contributed by atoms with van der Waals surface area (Å²) in [6, 6.07) is -0.706. The van der Waals surface area contributed by atoms with Crippen LogP contribution < -0.4 is 5.32 Å². The normalized spacial score (nSPS) is 23.4. The Morgan fingerprint density at radius 2 is 1.85 bits per heavy atom. The molecule has 0 aromatic heterocycles. The molecule has 0 saturated heterocycles. The number of amides is 1. The standard InChI is InChI=1S/C14H23NO5/c1-8(2)7-11(14(19)20-3)15-12(16)9-5-4-6-10(9)13(17)18/h8-11H,4-7H2,1-3H3,(H,15,16)(H,17,18)/t9-,10+,11?/m1/s1. The summed E-state index contributed by atoms with van der Waals surface area (Å²) < 4.78 is 4.68. The van der Waals surface area contributed by atoms with Gasteiger partial charge in [0.1, 0.15) is 6.04 Å². The van der Waals surface area contributed by atoms with Gasteiger partial charge in [-0.05, 0) is 25.2 Å². The lowest BCUT2D eigenvalue weighted by molar-refractivity contribution is -0.148. The number of aliphatic carboxylic acids is 1. The van der Waals surface area contributed by atoms with Crippen LogP contribution in [0.15, 0.2) is 0 Å². The van der Waals surface area contributed by atoms with E-state index in [1.165, 1.54) is 7.11 Å². The molecule has 1 fully saturated rings. The first-order chi connectivity index (χ1) is 9.36. The van der Waals surface area contributed by atoms with E-state index in [1.807, 2.05) is 13.8 Å². The number of carbonyl (C=O) groups excluding carboxylic acids is 2. The van der Waals surface area contributed by atoms with Crippen LogP contribution in [-0.2, 0) is 19.1 Å². The molecule has 2 N–H and O–H groups in total. The SMILES string of the molecule is COC(=O)C(CC(C)C)NC(=O)[C@@H]1CCC[C@@H]1C(=O)O. The first-order valence-corrected chi connectivity index (χ1v) is 6.97. The first-order valence-electron chi connectivity index (χ1n) is 6.97. The van der Waals surface area contributed by atoms with Crippen molar-refractivity contribution in [2.45, 2.75) is 45.6 Å². The van der Waals surface area contributed by atoms with Gasteiger partial charge in [-0.3, -0.25) is 9.59 Å². The van der Waals surface area contributed by atoms with Gasteiger partial charge < -0.3 is 15.2 Å². The number of carboxylic acids is 1. The Balaban J connectivity index is 2.70. The third-order valence-corrected chi connectivity index (χ3v) is 3.68. The molecule has 0 aliphatic heterocycles. The number of carboxylic acid groups (broad SMARTS) is 1. The first kappa shape index (κ1) is 16.5. The second-order valence-electron chi connectivity index (χ2n) is 5.70. The van der Waals surface area contributed by atoms with Gasteiger partial charge in [0.25, 0.3) is 0 Å². The van der Waals surface area contributed by atoms with Crippen molar-refractivity contribution in [1.29, 1.82) is 0 Å². The van der Waals surface area contributed by atoms with Crippen molar-refractivity contribution in [2.75, 3.05) is 7.11 Å². The molecule has 0 spiro atoms. The lowest BCUT2D eigenvalue weighted by Gasteiger charge is -2.22. The number of esters is 1. The van der Waals surface area contributed by atoms with Crippen molar-refractivity contribution < 1.29 is 24.2 Å². The lowest BCUT2D eigenvalue weighted by Crippen LogP contribution is -2.46. The summed E-state index contributed by atoms with van der Waals surface area (Å²) in [6.45, 7) is 3.88. The molecule has 1 amide bonds. The zero-order valence-corrected chi connectivity index (χ0v) is 12.2. The Hall–Kier alpha value is -1.59. The molecule has 20 heavy (non-hydrogen) atoms. The third kappa shape index (κ3) is 4.21. The largest absolute Gasteiger partial charge is 0.481 e. The van der Waals surface area contributed by atoms with Crippen LogP contribution in [-0.4, -0.2) is 36.1 Å². The number of hydrogen-bond acceptors (Lipinski definition) is 4. The highest BCUT2D eigenvalue weighted by Gasteiger charge is 2.39. The van der Waals surface area contributed by atoms with Gasteiger partial charge in [-0.15, -0.1) is 0 Å². The van der Waals surface area contributed by atoms with Crippen molar-refractivity contribution >= 4 is 17.8 Å². The maximum absolute atomic E-state index is 12.2. The number of methoxy groups -OCH3 is 1. The van der Waals surface area contributed by atoms with Crippen molar-refractivity contribution in [2.24, 2.45) is 17.8 Å². The molecule has 1 saturated carbocycles. The molecular weight excluding hydrogens is 262 g/mol.